The lowest BCUT2D eigenvalue weighted by Crippen LogP contribution is -2.50. The Morgan fingerprint density at radius 3 is 2.19 bits per heavy atom. The van der Waals surface area contributed by atoms with Gasteiger partial charge in [-0.2, -0.15) is 0 Å². The summed E-state index contributed by atoms with van der Waals surface area (Å²) in [5.41, 5.74) is 0. The molecule has 1 atom stereocenters. The molecule has 0 amide bonds. The maximum absolute atomic E-state index is 3.24. The number of nitrogens with one attached hydrogen (secondary N) is 1. The van der Waals surface area contributed by atoms with E-state index in [0.29, 0.717) is 0 Å². The van der Waals surface area contributed by atoms with Gasteiger partial charge in [-0.1, -0.05) is 13.8 Å². The summed E-state index contributed by atoms with van der Waals surface area (Å²) in [4.78, 5) is 5.24. The lowest BCUT2D eigenvalue weighted by atomic mass is 10.1. The standard InChI is InChI=1S/C13H29N3/c1-12(2)11-15-7-9-16(10-8-15)13(3)5-6-14-4/h12-14H,5-11H2,1-4H3. The van der Waals surface area contributed by atoms with Crippen LogP contribution in [0, 0.1) is 5.92 Å². The van der Waals surface area contributed by atoms with Crippen molar-refractivity contribution in [3.05, 3.63) is 0 Å². The van der Waals surface area contributed by atoms with Crippen molar-refractivity contribution in [1.29, 1.82) is 0 Å². The maximum Gasteiger partial charge on any atom is 0.0113 e. The zero-order valence-electron chi connectivity index (χ0n) is 11.5. The molecule has 0 aromatic heterocycles. The molecule has 16 heavy (non-hydrogen) atoms. The minimum Gasteiger partial charge on any atom is -0.320 e. The van der Waals surface area contributed by atoms with Crippen molar-refractivity contribution in [2.75, 3.05) is 46.3 Å². The van der Waals surface area contributed by atoms with Gasteiger partial charge in [0.05, 0.1) is 0 Å². The van der Waals surface area contributed by atoms with E-state index in [1.54, 1.807) is 0 Å². The zero-order valence-corrected chi connectivity index (χ0v) is 11.5. The van der Waals surface area contributed by atoms with Gasteiger partial charge in [-0.25, -0.2) is 0 Å². The third-order valence-electron chi connectivity index (χ3n) is 3.47. The van der Waals surface area contributed by atoms with Crippen molar-refractivity contribution >= 4 is 0 Å². The van der Waals surface area contributed by atoms with E-state index in [-0.39, 0.29) is 0 Å². The van der Waals surface area contributed by atoms with Crippen LogP contribution in [-0.4, -0.2) is 62.2 Å². The first-order valence-electron chi connectivity index (χ1n) is 6.74. The van der Waals surface area contributed by atoms with E-state index < -0.39 is 0 Å². The van der Waals surface area contributed by atoms with Crippen LogP contribution < -0.4 is 5.32 Å². The molecule has 96 valence electrons. The normalized spacial score (nSPS) is 21.6. The molecule has 0 aliphatic carbocycles. The number of hydrogen-bond acceptors (Lipinski definition) is 3. The number of hydrogen-bond donors (Lipinski definition) is 1. The molecule has 0 bridgehead atoms. The van der Waals surface area contributed by atoms with Crippen LogP contribution in [0.15, 0.2) is 0 Å². The molecule has 1 rings (SSSR count). The SMILES string of the molecule is CNCCC(C)N1CCN(CC(C)C)CC1. The highest BCUT2D eigenvalue weighted by molar-refractivity contribution is 4.77. The molecular formula is C13H29N3. The zero-order chi connectivity index (χ0) is 12.0. The Balaban J connectivity index is 2.20. The molecule has 0 aromatic rings. The highest BCUT2D eigenvalue weighted by Crippen LogP contribution is 2.10. The summed E-state index contributed by atoms with van der Waals surface area (Å²) in [6.45, 7) is 14.4. The van der Waals surface area contributed by atoms with Crippen LogP contribution in [0.5, 0.6) is 0 Å². The quantitative estimate of drug-likeness (QED) is 0.737. The largest absolute Gasteiger partial charge is 0.320 e. The number of nitrogens with zero attached hydrogens (tertiary/aromatic N) is 2. The molecule has 0 aromatic carbocycles. The lowest BCUT2D eigenvalue weighted by molar-refractivity contribution is 0.0918. The fourth-order valence-corrected chi connectivity index (χ4v) is 2.44. The average molecular weight is 227 g/mol. The third-order valence-corrected chi connectivity index (χ3v) is 3.47. The van der Waals surface area contributed by atoms with Crippen molar-refractivity contribution in [2.45, 2.75) is 33.2 Å². The van der Waals surface area contributed by atoms with Crippen molar-refractivity contribution in [2.24, 2.45) is 5.92 Å². The minimum atomic E-state index is 0.730. The second kappa shape index (κ2) is 7.25. The Morgan fingerprint density at radius 2 is 1.69 bits per heavy atom. The van der Waals surface area contributed by atoms with E-state index >= 15 is 0 Å². The van der Waals surface area contributed by atoms with Crippen LogP contribution in [0.4, 0.5) is 0 Å². The van der Waals surface area contributed by atoms with E-state index in [1.165, 1.54) is 39.1 Å². The summed E-state index contributed by atoms with van der Waals surface area (Å²) in [7, 11) is 2.04. The van der Waals surface area contributed by atoms with Crippen LogP contribution in [0.25, 0.3) is 0 Å². The first kappa shape index (κ1) is 13.9. The van der Waals surface area contributed by atoms with Gasteiger partial charge in [-0.3, -0.25) is 4.90 Å². The van der Waals surface area contributed by atoms with Gasteiger partial charge in [-0.05, 0) is 32.9 Å². The smallest absolute Gasteiger partial charge is 0.0113 e. The molecule has 3 heteroatoms. The molecule has 1 aliphatic rings. The molecule has 1 heterocycles. The molecule has 0 saturated carbocycles. The molecule has 0 spiro atoms. The highest BCUT2D eigenvalue weighted by Gasteiger charge is 2.20. The van der Waals surface area contributed by atoms with E-state index in [1.807, 2.05) is 7.05 Å². The van der Waals surface area contributed by atoms with Gasteiger partial charge in [0, 0.05) is 38.8 Å². The first-order valence-corrected chi connectivity index (χ1v) is 6.74. The summed E-state index contributed by atoms with van der Waals surface area (Å²) in [6, 6.07) is 0.730. The monoisotopic (exact) mass is 227 g/mol. The number of piperazine rings is 1. The van der Waals surface area contributed by atoms with E-state index in [2.05, 4.69) is 35.9 Å². The molecule has 1 fully saturated rings. The van der Waals surface area contributed by atoms with Crippen molar-refractivity contribution in [1.82, 2.24) is 15.1 Å². The Kier molecular flexibility index (Phi) is 6.32. The molecule has 0 radical (unpaired) electrons. The Hall–Kier alpha value is -0.120. The lowest BCUT2D eigenvalue weighted by Gasteiger charge is -2.38. The fourth-order valence-electron chi connectivity index (χ4n) is 2.44. The molecule has 1 N–H and O–H groups in total. The molecular weight excluding hydrogens is 198 g/mol. The van der Waals surface area contributed by atoms with Crippen LogP contribution in [0.2, 0.25) is 0 Å². The number of rotatable bonds is 6. The summed E-state index contributed by atoms with van der Waals surface area (Å²) < 4.78 is 0. The van der Waals surface area contributed by atoms with Gasteiger partial charge in [0.1, 0.15) is 0 Å². The fraction of sp³-hybridized carbons (Fsp3) is 1.00. The molecule has 1 saturated heterocycles. The predicted octanol–water partition coefficient (Wildman–Crippen LogP) is 1.26. The molecule has 3 nitrogen and oxygen atoms in total. The Bertz CT molecular complexity index is 174. The summed E-state index contributed by atoms with van der Waals surface area (Å²) in [6.07, 6.45) is 1.26. The molecule has 1 unspecified atom stereocenters. The van der Waals surface area contributed by atoms with Gasteiger partial charge >= 0.3 is 0 Å². The maximum atomic E-state index is 3.24. The van der Waals surface area contributed by atoms with Crippen LogP contribution >= 0.6 is 0 Å². The van der Waals surface area contributed by atoms with E-state index in [9.17, 15) is 0 Å². The van der Waals surface area contributed by atoms with Crippen molar-refractivity contribution < 1.29 is 0 Å². The Morgan fingerprint density at radius 1 is 1.06 bits per heavy atom. The predicted molar refractivity (Wildman–Crippen MR) is 70.9 cm³/mol. The van der Waals surface area contributed by atoms with Crippen LogP contribution in [-0.2, 0) is 0 Å². The van der Waals surface area contributed by atoms with Gasteiger partial charge in [0.15, 0.2) is 0 Å². The topological polar surface area (TPSA) is 18.5 Å². The van der Waals surface area contributed by atoms with E-state index in [4.69, 9.17) is 0 Å². The minimum absolute atomic E-state index is 0.730. The second-order valence-electron chi connectivity index (χ2n) is 5.47. The van der Waals surface area contributed by atoms with Crippen LogP contribution in [0.3, 0.4) is 0 Å². The second-order valence-corrected chi connectivity index (χ2v) is 5.47. The molecule has 1 aliphatic heterocycles. The summed E-state index contributed by atoms with van der Waals surface area (Å²) in [5.74, 6) is 0.799. The average Bonchev–Trinajstić information content (AvgIpc) is 2.26. The Labute approximate surface area is 101 Å². The van der Waals surface area contributed by atoms with Crippen molar-refractivity contribution in [3.8, 4) is 0 Å². The van der Waals surface area contributed by atoms with E-state index in [0.717, 1.165) is 18.5 Å². The van der Waals surface area contributed by atoms with Gasteiger partial charge < -0.3 is 10.2 Å². The highest BCUT2D eigenvalue weighted by atomic mass is 15.3. The summed E-state index contributed by atoms with van der Waals surface area (Å²) in [5, 5.41) is 3.24. The van der Waals surface area contributed by atoms with Gasteiger partial charge in [0.2, 0.25) is 0 Å². The van der Waals surface area contributed by atoms with Gasteiger partial charge in [-0.15, -0.1) is 0 Å². The van der Waals surface area contributed by atoms with Gasteiger partial charge in [0.25, 0.3) is 0 Å². The summed E-state index contributed by atoms with van der Waals surface area (Å²) >= 11 is 0. The van der Waals surface area contributed by atoms with Crippen LogP contribution in [0.1, 0.15) is 27.2 Å². The third kappa shape index (κ3) is 4.81. The first-order chi connectivity index (χ1) is 7.63. The van der Waals surface area contributed by atoms with Crippen molar-refractivity contribution in [3.63, 3.8) is 0 Å².